The first-order valence-electron chi connectivity index (χ1n) is 12.5. The molecular weight excluding hydrogens is 480 g/mol. The van der Waals surface area contributed by atoms with Gasteiger partial charge in [-0.05, 0) is 27.4 Å². The van der Waals surface area contributed by atoms with Crippen molar-refractivity contribution in [1.82, 2.24) is 0 Å². The van der Waals surface area contributed by atoms with Crippen LogP contribution in [0, 0.1) is 0 Å². The Morgan fingerprint density at radius 2 is 1.24 bits per heavy atom. The quantitative estimate of drug-likeness (QED) is 0.262. The second-order valence-electron chi connectivity index (χ2n) is 9.88. The van der Waals surface area contributed by atoms with Gasteiger partial charge in [-0.15, -0.1) is 0 Å². The zero-order chi connectivity index (χ0) is 27.3. The molecule has 1 unspecified atom stereocenters. The second kappa shape index (κ2) is 14.3. The van der Waals surface area contributed by atoms with Gasteiger partial charge in [-0.3, -0.25) is 9.59 Å². The molecule has 0 radical (unpaired) electrons. The van der Waals surface area contributed by atoms with Gasteiger partial charge in [0.1, 0.15) is 11.6 Å². The Labute approximate surface area is 221 Å². The fraction of sp³-hybridized carbons (Fsp3) is 0.323. The fourth-order valence-corrected chi connectivity index (χ4v) is 9.31. The maximum absolute atomic E-state index is 13.1. The number of ketones is 2. The maximum Gasteiger partial charge on any atom is 0.373 e. The Hall–Kier alpha value is -3.44. The van der Waals surface area contributed by atoms with Crippen molar-refractivity contribution in [2.75, 3.05) is 6.61 Å². The van der Waals surface area contributed by atoms with E-state index in [0.29, 0.717) is 19.4 Å². The minimum Gasteiger partial charge on any atom is -0.407 e. The van der Waals surface area contributed by atoms with Crippen LogP contribution in [0.1, 0.15) is 58.4 Å². The Morgan fingerprint density at radius 3 is 1.65 bits per heavy atom. The molecule has 6 heteroatoms. The minimum atomic E-state index is -2.67. The van der Waals surface area contributed by atoms with E-state index in [0.717, 1.165) is 5.56 Å². The summed E-state index contributed by atoms with van der Waals surface area (Å²) in [5, 5.41) is 2.31. The summed E-state index contributed by atoms with van der Waals surface area (Å²) in [5.41, 5.74) is 0.947. The third kappa shape index (κ3) is 7.77. The van der Waals surface area contributed by atoms with Crippen LogP contribution in [0.3, 0.4) is 0 Å². The predicted octanol–water partition coefficient (Wildman–Crippen LogP) is 5.09. The predicted molar refractivity (Wildman–Crippen MR) is 147 cm³/mol. The van der Waals surface area contributed by atoms with Gasteiger partial charge in [-0.2, -0.15) is 9.59 Å². The first-order valence-corrected chi connectivity index (χ1v) is 14.5. The van der Waals surface area contributed by atoms with Gasteiger partial charge in [0.05, 0.1) is 6.42 Å². The lowest BCUT2D eigenvalue weighted by molar-refractivity contribution is -0.191. The number of rotatable bonds is 11. The lowest BCUT2D eigenvalue weighted by atomic mass is 9.89. The molecule has 0 spiro atoms. The molecule has 3 rings (SSSR count). The molecule has 5 nitrogen and oxygen atoms in total. The largest absolute Gasteiger partial charge is 0.407 e. The van der Waals surface area contributed by atoms with Crippen molar-refractivity contribution in [3.8, 4) is 0 Å². The fourth-order valence-electron chi connectivity index (χ4n) is 4.73. The van der Waals surface area contributed by atoms with E-state index in [2.05, 4.69) is 69.3 Å². The van der Waals surface area contributed by atoms with E-state index in [1.807, 2.05) is 42.5 Å². The van der Waals surface area contributed by atoms with Gasteiger partial charge < -0.3 is 4.43 Å². The van der Waals surface area contributed by atoms with Gasteiger partial charge in [0, 0.05) is 18.9 Å². The SMILES string of the molecule is CCC(=O)CC(=O)C(CCO[Si](c1ccccc1)(c1ccccc1)C(C)(C)C)c1ccccc1.O=C=O. The molecule has 0 aliphatic rings. The van der Waals surface area contributed by atoms with E-state index >= 15 is 0 Å². The number of hydrogen-bond acceptors (Lipinski definition) is 5. The molecule has 0 aliphatic heterocycles. The molecule has 0 saturated heterocycles. The molecule has 1 atom stereocenters. The van der Waals surface area contributed by atoms with Crippen molar-refractivity contribution in [2.45, 2.75) is 57.9 Å². The smallest absolute Gasteiger partial charge is 0.373 e. The monoisotopic (exact) mass is 516 g/mol. The summed E-state index contributed by atoms with van der Waals surface area (Å²) in [6.45, 7) is 9.00. The number of carbonyl (C=O) groups excluding carboxylic acids is 4. The van der Waals surface area contributed by atoms with Gasteiger partial charge in [-0.25, -0.2) is 0 Å². The Bertz CT molecular complexity index is 1110. The van der Waals surface area contributed by atoms with Crippen LogP contribution in [0.25, 0.3) is 0 Å². The summed E-state index contributed by atoms with van der Waals surface area (Å²) in [5.74, 6) is -0.391. The highest BCUT2D eigenvalue weighted by Gasteiger charge is 2.50. The van der Waals surface area contributed by atoms with Crippen LogP contribution in [0.15, 0.2) is 91.0 Å². The van der Waals surface area contributed by atoms with Crippen LogP contribution in [-0.4, -0.2) is 32.6 Å². The minimum absolute atomic E-state index is 0.0150. The van der Waals surface area contributed by atoms with Gasteiger partial charge in [0.2, 0.25) is 0 Å². The van der Waals surface area contributed by atoms with E-state index in [9.17, 15) is 9.59 Å². The summed E-state index contributed by atoms with van der Waals surface area (Å²) < 4.78 is 7.00. The van der Waals surface area contributed by atoms with Gasteiger partial charge in [0.15, 0.2) is 0 Å². The molecule has 0 aliphatic carbocycles. The van der Waals surface area contributed by atoms with E-state index in [1.54, 1.807) is 6.92 Å². The molecule has 3 aromatic rings. The average Bonchev–Trinajstić information content (AvgIpc) is 2.90. The standard InChI is InChI=1S/C30H36O3Si.CO2/c1-5-25(31)23-29(32)28(24-15-9-6-10-16-24)21-22-33-34(30(2,3)4,26-17-11-7-12-18-26)27-19-13-8-14-20-27;2-1-3/h6-20,28H,5,21-23H2,1-4H3;. The highest BCUT2D eigenvalue weighted by Crippen LogP contribution is 2.37. The second-order valence-corrected chi connectivity index (χ2v) is 14.2. The summed E-state index contributed by atoms with van der Waals surface area (Å²) in [6, 6.07) is 30.8. The van der Waals surface area contributed by atoms with E-state index in [4.69, 9.17) is 14.0 Å². The molecule has 0 saturated carbocycles. The van der Waals surface area contributed by atoms with Gasteiger partial charge >= 0.3 is 6.15 Å². The number of benzene rings is 3. The molecule has 0 bridgehead atoms. The Kier molecular flexibility index (Phi) is 11.5. The number of Topliss-reactive ketones (excluding diaryl/α,β-unsaturated/α-hetero) is 2. The molecule has 0 aromatic heterocycles. The Balaban J connectivity index is 0.00000153. The normalized spacial score (nSPS) is 12.0. The maximum atomic E-state index is 13.1. The molecule has 0 fully saturated rings. The van der Waals surface area contributed by atoms with Crippen LogP contribution in [0.2, 0.25) is 5.04 Å². The van der Waals surface area contributed by atoms with Crippen LogP contribution in [0.4, 0.5) is 0 Å². The van der Waals surface area contributed by atoms with Crippen molar-refractivity contribution in [2.24, 2.45) is 0 Å². The lowest BCUT2D eigenvalue weighted by Gasteiger charge is -2.43. The number of hydrogen-bond donors (Lipinski definition) is 0. The van der Waals surface area contributed by atoms with Crippen molar-refractivity contribution in [3.05, 3.63) is 96.6 Å². The van der Waals surface area contributed by atoms with Crippen LogP contribution < -0.4 is 10.4 Å². The van der Waals surface area contributed by atoms with Crippen LogP contribution in [0.5, 0.6) is 0 Å². The molecule has 194 valence electrons. The van der Waals surface area contributed by atoms with Crippen molar-refractivity contribution < 1.29 is 23.6 Å². The Morgan fingerprint density at radius 1 is 0.811 bits per heavy atom. The molecule has 3 aromatic carbocycles. The third-order valence-corrected chi connectivity index (χ3v) is 11.5. The van der Waals surface area contributed by atoms with Crippen molar-refractivity contribution in [1.29, 1.82) is 0 Å². The molecule has 0 amide bonds. The lowest BCUT2D eigenvalue weighted by Crippen LogP contribution is -2.66. The van der Waals surface area contributed by atoms with E-state index in [-0.39, 0.29) is 35.1 Å². The average molecular weight is 517 g/mol. The van der Waals surface area contributed by atoms with Gasteiger partial charge in [0.25, 0.3) is 8.32 Å². The van der Waals surface area contributed by atoms with Crippen LogP contribution >= 0.6 is 0 Å². The van der Waals surface area contributed by atoms with E-state index < -0.39 is 8.32 Å². The summed E-state index contributed by atoms with van der Waals surface area (Å²) in [4.78, 5) is 41.4. The van der Waals surface area contributed by atoms with Crippen molar-refractivity contribution >= 4 is 36.4 Å². The number of carbonyl (C=O) groups is 2. The topological polar surface area (TPSA) is 77.5 Å². The third-order valence-electron chi connectivity index (χ3n) is 6.50. The first kappa shape index (κ1) is 29.8. The van der Waals surface area contributed by atoms with E-state index in [1.165, 1.54) is 10.4 Å². The first-order chi connectivity index (χ1) is 17.7. The summed E-state index contributed by atoms with van der Waals surface area (Å²) >= 11 is 0. The summed E-state index contributed by atoms with van der Waals surface area (Å²) in [7, 11) is -2.67. The molecular formula is C31H36O5Si. The van der Waals surface area contributed by atoms with Crippen LogP contribution in [-0.2, 0) is 23.6 Å². The molecule has 37 heavy (non-hydrogen) atoms. The highest BCUT2D eigenvalue weighted by atomic mass is 28.4. The highest BCUT2D eigenvalue weighted by molar-refractivity contribution is 6.99. The molecule has 0 N–H and O–H groups in total. The zero-order valence-electron chi connectivity index (χ0n) is 22.1. The summed E-state index contributed by atoms with van der Waals surface area (Å²) in [6.07, 6.45) is 1.16. The zero-order valence-corrected chi connectivity index (χ0v) is 23.1. The van der Waals surface area contributed by atoms with Gasteiger partial charge in [-0.1, -0.05) is 119 Å². The molecule has 0 heterocycles. The van der Waals surface area contributed by atoms with Crippen molar-refractivity contribution in [3.63, 3.8) is 0 Å².